The quantitative estimate of drug-likeness (QED) is 0.591. The van der Waals surface area contributed by atoms with Crippen LogP contribution in [0.15, 0.2) is 64.2 Å². The van der Waals surface area contributed by atoms with Gasteiger partial charge in [0.1, 0.15) is 0 Å². The average molecular weight is 461 g/mol. The number of fused-ring (bicyclic) bond motifs is 1. The van der Waals surface area contributed by atoms with E-state index in [1.54, 1.807) is 12.1 Å². The van der Waals surface area contributed by atoms with Crippen LogP contribution in [0.1, 0.15) is 21.5 Å². The van der Waals surface area contributed by atoms with Gasteiger partial charge in [0.25, 0.3) is 15.9 Å². The molecular formula is C19H17BrN4O3S. The van der Waals surface area contributed by atoms with Gasteiger partial charge in [-0.25, -0.2) is 0 Å². The Balaban J connectivity index is 1.60. The van der Waals surface area contributed by atoms with Crippen molar-refractivity contribution < 1.29 is 13.2 Å². The maximum atomic E-state index is 13.0. The smallest absolute Gasteiger partial charge is 0.279 e. The van der Waals surface area contributed by atoms with E-state index in [-0.39, 0.29) is 16.6 Å². The lowest BCUT2D eigenvalue weighted by Crippen LogP contribution is -2.21. The summed E-state index contributed by atoms with van der Waals surface area (Å²) in [6, 6.07) is 14.5. The van der Waals surface area contributed by atoms with E-state index < -0.39 is 10.0 Å². The van der Waals surface area contributed by atoms with Crippen LogP contribution in [0, 0.1) is 0 Å². The Bertz CT molecular complexity index is 1140. The van der Waals surface area contributed by atoms with Crippen LogP contribution in [0.4, 0.5) is 5.69 Å². The number of hydrogen-bond acceptors (Lipinski definition) is 4. The third kappa shape index (κ3) is 3.55. The number of benzene rings is 2. The first-order chi connectivity index (χ1) is 13.5. The second kappa shape index (κ2) is 7.40. The van der Waals surface area contributed by atoms with Gasteiger partial charge in [-0.15, -0.1) is 0 Å². The monoisotopic (exact) mass is 460 g/mol. The molecule has 7 nitrogen and oxygen atoms in total. The van der Waals surface area contributed by atoms with Crippen molar-refractivity contribution in [3.05, 3.63) is 75.9 Å². The Morgan fingerprint density at radius 1 is 1.14 bits per heavy atom. The van der Waals surface area contributed by atoms with Gasteiger partial charge < -0.3 is 5.32 Å². The van der Waals surface area contributed by atoms with Crippen molar-refractivity contribution in [1.82, 2.24) is 15.1 Å². The molecule has 1 aliphatic rings. The van der Waals surface area contributed by atoms with Crippen LogP contribution in [0.25, 0.3) is 0 Å². The van der Waals surface area contributed by atoms with Crippen molar-refractivity contribution >= 4 is 37.5 Å². The van der Waals surface area contributed by atoms with Crippen molar-refractivity contribution in [1.29, 1.82) is 0 Å². The summed E-state index contributed by atoms with van der Waals surface area (Å²) in [7, 11) is -3.91. The summed E-state index contributed by atoms with van der Waals surface area (Å²) in [5.74, 6) is -0.299. The number of aromatic nitrogens is 2. The van der Waals surface area contributed by atoms with Gasteiger partial charge in [0.15, 0.2) is 5.03 Å². The van der Waals surface area contributed by atoms with E-state index >= 15 is 0 Å². The van der Waals surface area contributed by atoms with Crippen molar-refractivity contribution in [2.45, 2.75) is 24.5 Å². The van der Waals surface area contributed by atoms with Crippen LogP contribution < -0.4 is 10.0 Å². The molecule has 0 spiro atoms. The molecule has 0 fully saturated rings. The number of nitrogens with zero attached hydrogens (tertiary/aromatic N) is 2. The number of nitrogens with one attached hydrogen (secondary N) is 2. The summed E-state index contributed by atoms with van der Waals surface area (Å²) < 4.78 is 30.7. The van der Waals surface area contributed by atoms with E-state index in [1.165, 1.54) is 16.9 Å². The molecule has 1 aliphatic heterocycles. The number of halogens is 1. The normalized spacial score (nSPS) is 13.2. The fraction of sp³-hybridized carbons (Fsp3) is 0.158. The zero-order valence-electron chi connectivity index (χ0n) is 14.7. The van der Waals surface area contributed by atoms with Gasteiger partial charge >= 0.3 is 0 Å². The zero-order chi connectivity index (χ0) is 19.7. The van der Waals surface area contributed by atoms with Gasteiger partial charge in [-0.3, -0.25) is 14.2 Å². The summed E-state index contributed by atoms with van der Waals surface area (Å²) in [5, 5.41) is 6.92. The molecule has 144 valence electrons. The molecule has 9 heteroatoms. The van der Waals surface area contributed by atoms with Gasteiger partial charge in [0.2, 0.25) is 0 Å². The first-order valence-corrected chi connectivity index (χ1v) is 10.9. The zero-order valence-corrected chi connectivity index (χ0v) is 17.1. The number of hydrogen-bond donors (Lipinski definition) is 2. The Hall–Kier alpha value is -2.65. The van der Waals surface area contributed by atoms with Gasteiger partial charge in [0.05, 0.1) is 17.4 Å². The van der Waals surface area contributed by atoms with Crippen LogP contribution in [-0.2, 0) is 29.5 Å². The SMILES string of the molecule is O=C1NCc2c(Br)ccc(NS(=O)(=O)c3ccnn3CCc3ccccc3)c21. The molecule has 0 saturated carbocycles. The van der Waals surface area contributed by atoms with Crippen LogP contribution in [-0.4, -0.2) is 24.1 Å². The first-order valence-electron chi connectivity index (χ1n) is 8.64. The van der Waals surface area contributed by atoms with Crippen molar-refractivity contribution in [2.24, 2.45) is 0 Å². The van der Waals surface area contributed by atoms with E-state index in [4.69, 9.17) is 0 Å². The molecule has 0 atom stereocenters. The molecule has 3 aromatic rings. The molecule has 0 saturated heterocycles. The number of aryl methyl sites for hydroxylation is 2. The Morgan fingerprint density at radius 2 is 1.93 bits per heavy atom. The lowest BCUT2D eigenvalue weighted by atomic mass is 10.1. The highest BCUT2D eigenvalue weighted by Gasteiger charge is 2.28. The van der Waals surface area contributed by atoms with Gasteiger partial charge in [-0.2, -0.15) is 13.5 Å². The van der Waals surface area contributed by atoms with E-state index in [0.29, 0.717) is 25.1 Å². The van der Waals surface area contributed by atoms with E-state index in [1.807, 2.05) is 30.3 Å². The fourth-order valence-corrected chi connectivity index (χ4v) is 4.88. The summed E-state index contributed by atoms with van der Waals surface area (Å²) in [6.45, 7) is 0.783. The molecule has 2 aromatic carbocycles. The Labute approximate surface area is 170 Å². The summed E-state index contributed by atoms with van der Waals surface area (Å²) >= 11 is 3.40. The molecule has 2 heterocycles. The molecule has 0 radical (unpaired) electrons. The second-order valence-electron chi connectivity index (χ2n) is 6.36. The number of carbonyl (C=O) groups is 1. The van der Waals surface area contributed by atoms with Crippen molar-refractivity contribution in [2.75, 3.05) is 4.72 Å². The number of anilines is 1. The number of amides is 1. The highest BCUT2D eigenvalue weighted by molar-refractivity contribution is 9.10. The minimum Gasteiger partial charge on any atom is -0.348 e. The highest BCUT2D eigenvalue weighted by Crippen LogP contribution is 2.32. The number of rotatable bonds is 6. The van der Waals surface area contributed by atoms with E-state index in [0.717, 1.165) is 15.6 Å². The lowest BCUT2D eigenvalue weighted by molar-refractivity contribution is 0.0966. The average Bonchev–Trinajstić information content (AvgIpc) is 3.31. The maximum Gasteiger partial charge on any atom is 0.279 e. The van der Waals surface area contributed by atoms with Gasteiger partial charge in [0, 0.05) is 23.1 Å². The van der Waals surface area contributed by atoms with Crippen molar-refractivity contribution in [3.8, 4) is 0 Å². The van der Waals surface area contributed by atoms with Crippen LogP contribution in [0.3, 0.4) is 0 Å². The molecule has 4 rings (SSSR count). The van der Waals surface area contributed by atoms with Crippen LogP contribution in [0.2, 0.25) is 0 Å². The molecule has 28 heavy (non-hydrogen) atoms. The van der Waals surface area contributed by atoms with Crippen molar-refractivity contribution in [3.63, 3.8) is 0 Å². The highest BCUT2D eigenvalue weighted by atomic mass is 79.9. The number of carbonyl (C=O) groups excluding carboxylic acids is 1. The molecule has 0 bridgehead atoms. The minimum atomic E-state index is -3.91. The standard InChI is InChI=1S/C19H17BrN4O3S/c20-15-6-7-16(18-14(15)12-21-19(18)25)23-28(26,27)17-8-10-22-24(17)11-9-13-4-2-1-3-5-13/h1-8,10,23H,9,11-12H2,(H,21,25). The topological polar surface area (TPSA) is 93.1 Å². The minimum absolute atomic E-state index is 0.0542. The summed E-state index contributed by atoms with van der Waals surface area (Å²) in [5.41, 5.74) is 2.43. The van der Waals surface area contributed by atoms with E-state index in [2.05, 4.69) is 31.1 Å². The second-order valence-corrected chi connectivity index (χ2v) is 8.85. The molecule has 1 amide bonds. The Kier molecular flexibility index (Phi) is 4.94. The first kappa shape index (κ1) is 18.7. The third-order valence-corrected chi connectivity index (χ3v) is 6.69. The molecular weight excluding hydrogens is 444 g/mol. The summed E-state index contributed by atoms with van der Waals surface area (Å²) in [4.78, 5) is 12.2. The van der Waals surface area contributed by atoms with E-state index in [9.17, 15) is 13.2 Å². The molecule has 0 aliphatic carbocycles. The maximum absolute atomic E-state index is 13.0. The molecule has 2 N–H and O–H groups in total. The van der Waals surface area contributed by atoms with Crippen LogP contribution in [0.5, 0.6) is 0 Å². The largest absolute Gasteiger partial charge is 0.348 e. The third-order valence-electron chi connectivity index (χ3n) is 4.56. The van der Waals surface area contributed by atoms with Gasteiger partial charge in [-0.1, -0.05) is 46.3 Å². The predicted octanol–water partition coefficient (Wildman–Crippen LogP) is 2.93. The molecule has 1 aromatic heterocycles. The molecule has 0 unspecified atom stereocenters. The summed E-state index contributed by atoms with van der Waals surface area (Å²) in [6.07, 6.45) is 2.11. The number of sulfonamides is 1. The fourth-order valence-electron chi connectivity index (χ4n) is 3.19. The Morgan fingerprint density at radius 3 is 2.71 bits per heavy atom. The van der Waals surface area contributed by atoms with Gasteiger partial charge in [-0.05, 0) is 30.2 Å². The van der Waals surface area contributed by atoms with Crippen LogP contribution >= 0.6 is 15.9 Å². The predicted molar refractivity (Wildman–Crippen MR) is 108 cm³/mol. The lowest BCUT2D eigenvalue weighted by Gasteiger charge is -2.13.